The maximum absolute atomic E-state index is 9.10. The van der Waals surface area contributed by atoms with E-state index in [2.05, 4.69) is 25.9 Å². The first kappa shape index (κ1) is 8.72. The second kappa shape index (κ2) is 3.12. The Bertz CT molecular complexity index is 475. The fourth-order valence-corrected chi connectivity index (χ4v) is 1.91. The van der Waals surface area contributed by atoms with Gasteiger partial charge >= 0.3 is 0 Å². The highest BCUT2D eigenvalue weighted by Gasteiger charge is 2.04. The lowest BCUT2D eigenvalue weighted by molar-refractivity contribution is 0.453. The molecule has 2 aromatic rings. The molecule has 1 N–H and O–H groups in total. The van der Waals surface area contributed by atoms with Crippen molar-refractivity contribution in [3.05, 3.63) is 27.8 Å². The maximum atomic E-state index is 9.10. The van der Waals surface area contributed by atoms with Gasteiger partial charge in [-0.3, -0.25) is 0 Å². The van der Waals surface area contributed by atoms with Crippen LogP contribution in [0.5, 0.6) is 5.88 Å². The van der Waals surface area contributed by atoms with Crippen molar-refractivity contribution in [3.8, 4) is 5.88 Å². The maximum Gasteiger partial charge on any atom is 0.230 e. The third kappa shape index (κ3) is 1.59. The van der Waals surface area contributed by atoms with Gasteiger partial charge in [-0.2, -0.15) is 0 Å². The van der Waals surface area contributed by atoms with E-state index in [0.29, 0.717) is 16.1 Å². The number of hydrogen-bond donors (Lipinski definition) is 1. The molecule has 66 valence electrons. The Hall–Kier alpha value is -0.870. The molecule has 0 spiro atoms. The van der Waals surface area contributed by atoms with Crippen LogP contribution in [0.1, 0.15) is 0 Å². The van der Waals surface area contributed by atoms with Crippen LogP contribution in [0.15, 0.2) is 22.8 Å². The van der Waals surface area contributed by atoms with Gasteiger partial charge in [0.25, 0.3) is 0 Å². The Labute approximate surface area is 87.5 Å². The predicted molar refractivity (Wildman–Crippen MR) is 53.9 cm³/mol. The van der Waals surface area contributed by atoms with E-state index in [0.717, 1.165) is 4.47 Å². The second-order valence-electron chi connectivity index (χ2n) is 2.48. The number of benzene rings is 1. The molecule has 0 unspecified atom stereocenters. The lowest BCUT2D eigenvalue weighted by Gasteiger charge is -2.00. The zero-order valence-corrected chi connectivity index (χ0v) is 8.67. The Morgan fingerprint density at radius 1 is 1.38 bits per heavy atom. The van der Waals surface area contributed by atoms with E-state index < -0.39 is 0 Å². The van der Waals surface area contributed by atoms with Crippen LogP contribution in [-0.2, 0) is 0 Å². The summed E-state index contributed by atoms with van der Waals surface area (Å²) in [5, 5.41) is 9.68. The number of rotatable bonds is 0. The van der Waals surface area contributed by atoms with Crippen LogP contribution in [0.25, 0.3) is 11.0 Å². The van der Waals surface area contributed by atoms with Crippen molar-refractivity contribution in [2.75, 3.05) is 0 Å². The van der Waals surface area contributed by atoms with Crippen LogP contribution in [0.4, 0.5) is 0 Å². The normalized spacial score (nSPS) is 10.6. The zero-order valence-electron chi connectivity index (χ0n) is 6.33. The standard InChI is InChI=1S/C8H4BrClN2O/c9-5-1-4(10)2-6-8(5)12-7(13)3-11-6/h1-3H,(H,12,13). The van der Waals surface area contributed by atoms with E-state index in [1.165, 1.54) is 6.20 Å². The molecular formula is C8H4BrClN2O. The molecule has 1 aromatic carbocycles. The van der Waals surface area contributed by atoms with Crippen molar-refractivity contribution in [1.82, 2.24) is 9.97 Å². The van der Waals surface area contributed by atoms with Crippen LogP contribution in [-0.4, -0.2) is 15.1 Å². The van der Waals surface area contributed by atoms with Crippen molar-refractivity contribution in [1.29, 1.82) is 0 Å². The predicted octanol–water partition coefficient (Wildman–Crippen LogP) is 2.75. The lowest BCUT2D eigenvalue weighted by atomic mass is 10.3. The third-order valence-electron chi connectivity index (χ3n) is 1.55. The minimum atomic E-state index is -0.101. The van der Waals surface area contributed by atoms with E-state index in [4.69, 9.17) is 16.7 Å². The van der Waals surface area contributed by atoms with Crippen molar-refractivity contribution < 1.29 is 5.11 Å². The van der Waals surface area contributed by atoms with Crippen molar-refractivity contribution in [2.45, 2.75) is 0 Å². The Morgan fingerprint density at radius 2 is 2.15 bits per heavy atom. The van der Waals surface area contributed by atoms with Gasteiger partial charge in [0.15, 0.2) is 0 Å². The molecule has 0 amide bonds. The van der Waals surface area contributed by atoms with E-state index in [9.17, 15) is 0 Å². The van der Waals surface area contributed by atoms with Crippen LogP contribution >= 0.6 is 27.5 Å². The van der Waals surface area contributed by atoms with E-state index in [1.54, 1.807) is 12.1 Å². The Kier molecular flexibility index (Phi) is 2.09. The highest BCUT2D eigenvalue weighted by Crippen LogP contribution is 2.26. The number of halogens is 2. The average molecular weight is 259 g/mol. The van der Waals surface area contributed by atoms with E-state index in [1.807, 2.05) is 0 Å². The molecule has 5 heteroatoms. The van der Waals surface area contributed by atoms with Gasteiger partial charge in [-0.25, -0.2) is 9.97 Å². The van der Waals surface area contributed by atoms with Gasteiger partial charge in [-0.1, -0.05) is 11.6 Å². The Morgan fingerprint density at radius 3 is 2.92 bits per heavy atom. The molecule has 1 aromatic heterocycles. The van der Waals surface area contributed by atoms with Gasteiger partial charge in [0.1, 0.15) is 5.52 Å². The number of nitrogens with zero attached hydrogens (tertiary/aromatic N) is 2. The van der Waals surface area contributed by atoms with Gasteiger partial charge < -0.3 is 5.11 Å². The molecule has 0 aliphatic heterocycles. The summed E-state index contributed by atoms with van der Waals surface area (Å²) >= 11 is 9.09. The van der Waals surface area contributed by atoms with Gasteiger partial charge in [-0.05, 0) is 28.1 Å². The summed E-state index contributed by atoms with van der Waals surface area (Å²) in [5.41, 5.74) is 1.25. The summed E-state index contributed by atoms with van der Waals surface area (Å²) in [6.07, 6.45) is 1.28. The Balaban J connectivity index is 2.87. The molecule has 1 heterocycles. The second-order valence-corrected chi connectivity index (χ2v) is 3.77. The summed E-state index contributed by atoms with van der Waals surface area (Å²) in [6.45, 7) is 0. The topological polar surface area (TPSA) is 46.0 Å². The molecule has 0 atom stereocenters. The van der Waals surface area contributed by atoms with Crippen LogP contribution < -0.4 is 0 Å². The summed E-state index contributed by atoms with van der Waals surface area (Å²) in [4.78, 5) is 7.88. The highest BCUT2D eigenvalue weighted by molar-refractivity contribution is 9.10. The van der Waals surface area contributed by atoms with E-state index >= 15 is 0 Å². The first-order valence-corrected chi connectivity index (χ1v) is 4.64. The fourth-order valence-electron chi connectivity index (χ4n) is 1.03. The summed E-state index contributed by atoms with van der Waals surface area (Å²) in [6, 6.07) is 3.39. The molecule has 0 aliphatic carbocycles. The summed E-state index contributed by atoms with van der Waals surface area (Å²) in [7, 11) is 0. The van der Waals surface area contributed by atoms with Crippen LogP contribution in [0.3, 0.4) is 0 Å². The molecule has 0 bridgehead atoms. The fraction of sp³-hybridized carbons (Fsp3) is 0. The monoisotopic (exact) mass is 258 g/mol. The van der Waals surface area contributed by atoms with Crippen molar-refractivity contribution >= 4 is 38.6 Å². The molecule has 3 nitrogen and oxygen atoms in total. The smallest absolute Gasteiger partial charge is 0.230 e. The van der Waals surface area contributed by atoms with Crippen LogP contribution in [0, 0.1) is 0 Å². The highest BCUT2D eigenvalue weighted by atomic mass is 79.9. The summed E-state index contributed by atoms with van der Waals surface area (Å²) in [5.74, 6) is -0.101. The van der Waals surface area contributed by atoms with Gasteiger partial charge in [0, 0.05) is 9.50 Å². The molecule has 0 radical (unpaired) electrons. The first-order valence-electron chi connectivity index (χ1n) is 3.47. The largest absolute Gasteiger partial charge is 0.492 e. The number of hydrogen-bond acceptors (Lipinski definition) is 3. The lowest BCUT2D eigenvalue weighted by Crippen LogP contribution is -1.84. The van der Waals surface area contributed by atoms with Crippen molar-refractivity contribution in [3.63, 3.8) is 0 Å². The molecule has 0 aliphatic rings. The van der Waals surface area contributed by atoms with Gasteiger partial charge in [-0.15, -0.1) is 0 Å². The van der Waals surface area contributed by atoms with E-state index in [-0.39, 0.29) is 5.88 Å². The van der Waals surface area contributed by atoms with Gasteiger partial charge in [0.05, 0.1) is 11.7 Å². The third-order valence-corrected chi connectivity index (χ3v) is 2.38. The quantitative estimate of drug-likeness (QED) is 0.791. The molecule has 0 saturated heterocycles. The SMILES string of the molecule is Oc1cnc2cc(Cl)cc(Br)c2n1. The molecule has 0 saturated carbocycles. The molecule has 13 heavy (non-hydrogen) atoms. The number of fused-ring (bicyclic) bond motifs is 1. The molecular weight excluding hydrogens is 255 g/mol. The molecule has 0 fully saturated rings. The number of aromatic hydroxyl groups is 1. The van der Waals surface area contributed by atoms with Crippen LogP contribution in [0.2, 0.25) is 5.02 Å². The number of aromatic nitrogens is 2. The first-order chi connectivity index (χ1) is 6.16. The summed E-state index contributed by atoms with van der Waals surface area (Å²) < 4.78 is 0.721. The minimum absolute atomic E-state index is 0.101. The van der Waals surface area contributed by atoms with Crippen molar-refractivity contribution in [2.24, 2.45) is 0 Å². The zero-order chi connectivity index (χ0) is 9.42. The molecule has 2 rings (SSSR count). The minimum Gasteiger partial charge on any atom is -0.492 e. The van der Waals surface area contributed by atoms with Gasteiger partial charge in [0.2, 0.25) is 5.88 Å². The average Bonchev–Trinajstić information content (AvgIpc) is 2.06.